The number of piperidine rings is 1. The van der Waals surface area contributed by atoms with Gasteiger partial charge in [0.1, 0.15) is 6.54 Å². The van der Waals surface area contributed by atoms with Gasteiger partial charge < -0.3 is 14.9 Å². The van der Waals surface area contributed by atoms with Crippen molar-refractivity contribution in [2.24, 2.45) is 5.92 Å². The third-order valence-electron chi connectivity index (χ3n) is 3.22. The number of amides is 2. The second-order valence-corrected chi connectivity index (χ2v) is 4.96. The Morgan fingerprint density at radius 2 is 2.11 bits per heavy atom. The van der Waals surface area contributed by atoms with Gasteiger partial charge in [0.2, 0.25) is 11.8 Å². The molecule has 0 aromatic carbocycles. The molecule has 0 bridgehead atoms. The van der Waals surface area contributed by atoms with Crippen molar-refractivity contribution in [3.8, 4) is 0 Å². The van der Waals surface area contributed by atoms with Gasteiger partial charge in [-0.25, -0.2) is 0 Å². The highest BCUT2D eigenvalue weighted by Gasteiger charge is 2.33. The fourth-order valence-electron chi connectivity index (χ4n) is 2.05. The van der Waals surface area contributed by atoms with Crippen LogP contribution in [0.2, 0.25) is 0 Å². The standard InChI is InChI=1S/C12H20N2O4/c1-8(2)14(7-11(16)17)12(18)9-4-5-13(3)10(15)6-9/h8-9H,4-7H2,1-3H3,(H,16,17)/t9-/m0/s1. The van der Waals surface area contributed by atoms with Crippen molar-refractivity contribution in [2.75, 3.05) is 20.1 Å². The first-order chi connectivity index (χ1) is 8.32. The normalized spacial score (nSPS) is 20.1. The molecule has 0 unspecified atom stereocenters. The van der Waals surface area contributed by atoms with Crippen LogP contribution < -0.4 is 0 Å². The van der Waals surface area contributed by atoms with E-state index in [-0.39, 0.29) is 36.7 Å². The zero-order valence-corrected chi connectivity index (χ0v) is 11.0. The number of carboxylic acid groups (broad SMARTS) is 1. The van der Waals surface area contributed by atoms with E-state index in [1.807, 2.05) is 0 Å². The van der Waals surface area contributed by atoms with Crippen molar-refractivity contribution >= 4 is 17.8 Å². The summed E-state index contributed by atoms with van der Waals surface area (Å²) in [4.78, 5) is 37.5. The molecule has 1 atom stereocenters. The summed E-state index contributed by atoms with van der Waals surface area (Å²) >= 11 is 0. The molecule has 0 aromatic heterocycles. The molecule has 18 heavy (non-hydrogen) atoms. The molecular weight excluding hydrogens is 236 g/mol. The summed E-state index contributed by atoms with van der Waals surface area (Å²) in [5.41, 5.74) is 0. The number of carbonyl (C=O) groups excluding carboxylic acids is 2. The molecule has 0 radical (unpaired) electrons. The van der Waals surface area contributed by atoms with E-state index >= 15 is 0 Å². The lowest BCUT2D eigenvalue weighted by Gasteiger charge is -2.33. The van der Waals surface area contributed by atoms with Gasteiger partial charge in [-0.3, -0.25) is 14.4 Å². The molecule has 0 spiro atoms. The Kier molecular flexibility index (Phi) is 4.69. The Morgan fingerprint density at radius 3 is 2.56 bits per heavy atom. The highest BCUT2D eigenvalue weighted by Crippen LogP contribution is 2.20. The second-order valence-electron chi connectivity index (χ2n) is 4.96. The van der Waals surface area contributed by atoms with E-state index in [0.29, 0.717) is 13.0 Å². The molecule has 1 aliphatic rings. The molecule has 6 nitrogen and oxygen atoms in total. The van der Waals surface area contributed by atoms with Gasteiger partial charge in [-0.2, -0.15) is 0 Å². The fraction of sp³-hybridized carbons (Fsp3) is 0.750. The van der Waals surface area contributed by atoms with Crippen LogP contribution in [-0.2, 0) is 14.4 Å². The quantitative estimate of drug-likeness (QED) is 0.778. The largest absolute Gasteiger partial charge is 0.480 e. The number of carbonyl (C=O) groups is 3. The van der Waals surface area contributed by atoms with Gasteiger partial charge in [-0.15, -0.1) is 0 Å². The summed E-state index contributed by atoms with van der Waals surface area (Å²) in [7, 11) is 1.71. The number of carboxylic acids is 1. The second kappa shape index (κ2) is 5.84. The van der Waals surface area contributed by atoms with Crippen LogP contribution in [0.25, 0.3) is 0 Å². The van der Waals surface area contributed by atoms with Gasteiger partial charge in [-0.1, -0.05) is 0 Å². The van der Waals surface area contributed by atoms with Crippen molar-refractivity contribution < 1.29 is 19.5 Å². The molecule has 1 saturated heterocycles. The van der Waals surface area contributed by atoms with E-state index in [2.05, 4.69) is 0 Å². The smallest absolute Gasteiger partial charge is 0.323 e. The summed E-state index contributed by atoms with van der Waals surface area (Å²) in [6.07, 6.45) is 0.780. The third kappa shape index (κ3) is 3.45. The van der Waals surface area contributed by atoms with E-state index in [0.717, 1.165) is 0 Å². The Morgan fingerprint density at radius 1 is 1.50 bits per heavy atom. The molecule has 1 fully saturated rings. The molecule has 0 aromatic rings. The molecule has 1 N–H and O–H groups in total. The number of rotatable bonds is 4. The Labute approximate surface area is 107 Å². The topological polar surface area (TPSA) is 77.9 Å². The van der Waals surface area contributed by atoms with Gasteiger partial charge in [0.15, 0.2) is 0 Å². The summed E-state index contributed by atoms with van der Waals surface area (Å²) in [6.45, 7) is 3.79. The van der Waals surface area contributed by atoms with Crippen LogP contribution in [0, 0.1) is 5.92 Å². The maximum absolute atomic E-state index is 12.2. The van der Waals surface area contributed by atoms with Crippen molar-refractivity contribution in [2.45, 2.75) is 32.7 Å². The van der Waals surface area contributed by atoms with Crippen molar-refractivity contribution in [3.63, 3.8) is 0 Å². The number of hydrogen-bond donors (Lipinski definition) is 1. The molecule has 102 valence electrons. The van der Waals surface area contributed by atoms with Crippen LogP contribution in [0.1, 0.15) is 26.7 Å². The zero-order chi connectivity index (χ0) is 13.9. The van der Waals surface area contributed by atoms with E-state index in [1.165, 1.54) is 4.90 Å². The zero-order valence-electron chi connectivity index (χ0n) is 11.0. The number of nitrogens with zero attached hydrogens (tertiary/aromatic N) is 2. The minimum atomic E-state index is -1.03. The van der Waals surface area contributed by atoms with Crippen molar-refractivity contribution in [1.82, 2.24) is 9.80 Å². The van der Waals surface area contributed by atoms with Crippen LogP contribution in [0.3, 0.4) is 0 Å². The maximum Gasteiger partial charge on any atom is 0.323 e. The maximum atomic E-state index is 12.2. The van der Waals surface area contributed by atoms with Gasteiger partial charge in [0, 0.05) is 32.0 Å². The Bertz CT molecular complexity index is 354. The lowest BCUT2D eigenvalue weighted by molar-refractivity contribution is -0.150. The molecule has 1 heterocycles. The number of aliphatic carboxylic acids is 1. The monoisotopic (exact) mass is 256 g/mol. The molecular formula is C12H20N2O4. The summed E-state index contributed by atoms with van der Waals surface area (Å²) < 4.78 is 0. The van der Waals surface area contributed by atoms with Crippen molar-refractivity contribution in [1.29, 1.82) is 0 Å². The van der Waals surface area contributed by atoms with E-state index in [1.54, 1.807) is 25.8 Å². The highest BCUT2D eigenvalue weighted by molar-refractivity contribution is 5.88. The molecule has 1 aliphatic heterocycles. The van der Waals surface area contributed by atoms with Gasteiger partial charge in [0.25, 0.3) is 0 Å². The fourth-order valence-corrected chi connectivity index (χ4v) is 2.05. The van der Waals surface area contributed by atoms with Crippen LogP contribution in [0.15, 0.2) is 0 Å². The van der Waals surface area contributed by atoms with Gasteiger partial charge in [-0.05, 0) is 20.3 Å². The minimum Gasteiger partial charge on any atom is -0.480 e. The summed E-state index contributed by atoms with van der Waals surface area (Å²) in [6, 6.07) is -0.177. The van der Waals surface area contributed by atoms with Crippen LogP contribution in [0.4, 0.5) is 0 Å². The molecule has 6 heteroatoms. The molecule has 0 aliphatic carbocycles. The highest BCUT2D eigenvalue weighted by atomic mass is 16.4. The first kappa shape index (κ1) is 14.5. The van der Waals surface area contributed by atoms with E-state index in [9.17, 15) is 14.4 Å². The average Bonchev–Trinajstić information content (AvgIpc) is 2.28. The van der Waals surface area contributed by atoms with E-state index in [4.69, 9.17) is 5.11 Å². The van der Waals surface area contributed by atoms with Gasteiger partial charge in [0.05, 0.1) is 0 Å². The summed E-state index contributed by atoms with van der Waals surface area (Å²) in [5, 5.41) is 8.81. The Balaban J connectivity index is 2.71. The lowest BCUT2D eigenvalue weighted by atomic mass is 9.94. The number of likely N-dealkylation sites (tertiary alicyclic amines) is 1. The minimum absolute atomic E-state index is 0.0568. The van der Waals surface area contributed by atoms with E-state index < -0.39 is 5.97 Å². The molecule has 1 rings (SSSR count). The molecule has 2 amide bonds. The summed E-state index contributed by atoms with van der Waals surface area (Å²) in [5.74, 6) is -1.70. The SMILES string of the molecule is CC(C)N(CC(=O)O)C(=O)[C@H]1CCN(C)C(=O)C1. The predicted molar refractivity (Wildman–Crippen MR) is 64.8 cm³/mol. The third-order valence-corrected chi connectivity index (χ3v) is 3.22. The van der Waals surface area contributed by atoms with Crippen LogP contribution in [-0.4, -0.2) is 58.9 Å². The lowest BCUT2D eigenvalue weighted by Crippen LogP contribution is -2.47. The van der Waals surface area contributed by atoms with Crippen LogP contribution in [0.5, 0.6) is 0 Å². The Hall–Kier alpha value is -1.59. The van der Waals surface area contributed by atoms with Crippen molar-refractivity contribution in [3.05, 3.63) is 0 Å². The molecule has 0 saturated carbocycles. The van der Waals surface area contributed by atoms with Crippen LogP contribution >= 0.6 is 0 Å². The predicted octanol–water partition coefficient (Wildman–Crippen LogP) is 0.176. The first-order valence-corrected chi connectivity index (χ1v) is 6.09. The first-order valence-electron chi connectivity index (χ1n) is 6.09. The number of hydrogen-bond acceptors (Lipinski definition) is 3. The van der Waals surface area contributed by atoms with Gasteiger partial charge >= 0.3 is 5.97 Å². The average molecular weight is 256 g/mol.